The van der Waals surface area contributed by atoms with Gasteiger partial charge in [-0.15, -0.1) is 22.7 Å². The zero-order chi connectivity index (χ0) is 33.0. The number of aromatic nitrogens is 4. The fourth-order valence-electron chi connectivity index (χ4n) is 6.74. The molecule has 234 valence electrons. The highest BCUT2D eigenvalue weighted by Crippen LogP contribution is 2.43. The summed E-state index contributed by atoms with van der Waals surface area (Å²) in [6, 6.07) is 54.8. The van der Waals surface area contributed by atoms with Crippen molar-refractivity contribution < 1.29 is 0 Å². The molecule has 0 fully saturated rings. The quantitative estimate of drug-likeness (QED) is 0.182. The molecule has 50 heavy (non-hydrogen) atoms. The molecule has 0 aliphatic carbocycles. The highest BCUT2D eigenvalue weighted by molar-refractivity contribution is 7.26. The lowest BCUT2D eigenvalue weighted by Crippen LogP contribution is -1.96. The Morgan fingerprint density at radius 3 is 1.74 bits per heavy atom. The maximum atomic E-state index is 5.22. The van der Waals surface area contributed by atoms with Crippen LogP contribution in [0.1, 0.15) is 0 Å². The number of benzene rings is 6. The van der Waals surface area contributed by atoms with Crippen molar-refractivity contribution in [2.24, 2.45) is 0 Å². The van der Waals surface area contributed by atoms with Gasteiger partial charge < -0.3 is 0 Å². The fraction of sp³-hybridized carbons (Fsp3) is 0. The van der Waals surface area contributed by atoms with Gasteiger partial charge in [-0.1, -0.05) is 133 Å². The molecule has 0 amide bonds. The summed E-state index contributed by atoms with van der Waals surface area (Å²) in [5.41, 5.74) is 8.99. The molecule has 0 saturated carbocycles. The molecule has 0 radical (unpaired) electrons. The predicted octanol–water partition coefficient (Wildman–Crippen LogP) is 12.3. The molecule has 0 saturated heterocycles. The van der Waals surface area contributed by atoms with Gasteiger partial charge in [-0.2, -0.15) is 0 Å². The molecule has 0 aliphatic heterocycles. The van der Waals surface area contributed by atoms with Crippen molar-refractivity contribution in [3.63, 3.8) is 0 Å². The minimum absolute atomic E-state index is 0.713. The lowest BCUT2D eigenvalue weighted by molar-refractivity contribution is 1.19. The van der Waals surface area contributed by atoms with Crippen LogP contribution in [0.2, 0.25) is 0 Å². The van der Waals surface area contributed by atoms with Crippen LogP contribution in [0.15, 0.2) is 158 Å². The van der Waals surface area contributed by atoms with E-state index in [4.69, 9.17) is 19.9 Å². The van der Waals surface area contributed by atoms with Crippen LogP contribution in [0.4, 0.5) is 0 Å². The van der Waals surface area contributed by atoms with Crippen molar-refractivity contribution in [2.45, 2.75) is 0 Å². The van der Waals surface area contributed by atoms with Crippen molar-refractivity contribution in [3.05, 3.63) is 158 Å². The zero-order valence-corrected chi connectivity index (χ0v) is 28.2. The normalized spacial score (nSPS) is 11.6. The Bertz CT molecular complexity index is 2800. The molecule has 0 N–H and O–H groups in total. The van der Waals surface area contributed by atoms with Crippen molar-refractivity contribution in [3.8, 4) is 56.5 Å². The average molecular weight is 675 g/mol. The van der Waals surface area contributed by atoms with Crippen LogP contribution in [0.5, 0.6) is 0 Å². The number of fused-ring (bicyclic) bond motifs is 6. The molecule has 0 atom stereocenters. The highest BCUT2D eigenvalue weighted by Gasteiger charge is 2.19. The smallest absolute Gasteiger partial charge is 0.161 e. The van der Waals surface area contributed by atoms with Crippen LogP contribution in [0, 0.1) is 0 Å². The molecule has 4 nitrogen and oxygen atoms in total. The van der Waals surface area contributed by atoms with E-state index >= 15 is 0 Å². The standard InChI is InChI=1S/C44H26N4S2/c1-4-13-27(14-5-1)34-26-35(28-15-6-2-7-16-28)46-44(45-34)33-20-12-22-37-39(33)31-24-23-30(25-38(31)49-37)43-47-40(29-17-8-3-9-18-29)42-41(48-43)32-19-10-11-21-36(32)50-42/h1-26H. The van der Waals surface area contributed by atoms with Crippen molar-refractivity contribution in [1.82, 2.24) is 19.9 Å². The Balaban J connectivity index is 1.16. The van der Waals surface area contributed by atoms with Gasteiger partial charge in [0.2, 0.25) is 0 Å². The Labute approximate surface area is 296 Å². The minimum Gasteiger partial charge on any atom is -0.228 e. The molecule has 6 aromatic carbocycles. The summed E-state index contributed by atoms with van der Waals surface area (Å²) in [5.74, 6) is 1.44. The molecular weight excluding hydrogens is 649 g/mol. The number of hydrogen-bond donors (Lipinski definition) is 0. The van der Waals surface area contributed by atoms with E-state index in [0.29, 0.717) is 5.82 Å². The van der Waals surface area contributed by atoms with E-state index in [-0.39, 0.29) is 0 Å². The molecule has 0 bridgehead atoms. The second-order valence-corrected chi connectivity index (χ2v) is 14.4. The largest absolute Gasteiger partial charge is 0.228 e. The number of thiophene rings is 2. The Kier molecular flexibility index (Phi) is 6.82. The number of nitrogens with zero attached hydrogens (tertiary/aromatic N) is 4. The molecule has 10 rings (SSSR count). The van der Waals surface area contributed by atoms with Gasteiger partial charge >= 0.3 is 0 Å². The monoisotopic (exact) mass is 674 g/mol. The zero-order valence-electron chi connectivity index (χ0n) is 26.6. The van der Waals surface area contributed by atoms with E-state index in [9.17, 15) is 0 Å². The fourth-order valence-corrected chi connectivity index (χ4v) is 9.07. The van der Waals surface area contributed by atoms with E-state index in [1.54, 1.807) is 22.7 Å². The molecular formula is C44H26N4S2. The summed E-state index contributed by atoms with van der Waals surface area (Å²) in [7, 11) is 0. The minimum atomic E-state index is 0.713. The predicted molar refractivity (Wildman–Crippen MR) is 211 cm³/mol. The second-order valence-electron chi connectivity index (χ2n) is 12.2. The van der Waals surface area contributed by atoms with E-state index < -0.39 is 0 Å². The SMILES string of the molecule is c1ccc(-c2cc(-c3ccccc3)nc(-c3cccc4sc5cc(-c6nc(-c7ccccc7)c7sc8ccccc8c7n6)ccc5c34)n2)cc1. The van der Waals surface area contributed by atoms with Gasteiger partial charge in [0.1, 0.15) is 0 Å². The van der Waals surface area contributed by atoms with Gasteiger partial charge in [0.25, 0.3) is 0 Å². The van der Waals surface area contributed by atoms with Gasteiger partial charge in [-0.25, -0.2) is 19.9 Å². The third-order valence-corrected chi connectivity index (χ3v) is 11.4. The van der Waals surface area contributed by atoms with Crippen molar-refractivity contribution in [1.29, 1.82) is 0 Å². The van der Waals surface area contributed by atoms with Crippen LogP contribution in [0.3, 0.4) is 0 Å². The Morgan fingerprint density at radius 2 is 1.02 bits per heavy atom. The summed E-state index contributed by atoms with van der Waals surface area (Å²) in [6.07, 6.45) is 0. The molecule has 0 unspecified atom stereocenters. The van der Waals surface area contributed by atoms with Crippen molar-refractivity contribution in [2.75, 3.05) is 0 Å². The first kappa shape index (κ1) is 28.9. The van der Waals surface area contributed by atoms with Gasteiger partial charge in [-0.3, -0.25) is 0 Å². The summed E-state index contributed by atoms with van der Waals surface area (Å²) < 4.78 is 4.69. The topological polar surface area (TPSA) is 51.6 Å². The summed E-state index contributed by atoms with van der Waals surface area (Å²) in [6.45, 7) is 0. The Morgan fingerprint density at radius 1 is 0.380 bits per heavy atom. The Hall–Kier alpha value is -6.08. The summed E-state index contributed by atoms with van der Waals surface area (Å²) in [4.78, 5) is 20.8. The molecule has 4 aromatic heterocycles. The second kappa shape index (κ2) is 11.8. The van der Waals surface area contributed by atoms with E-state index in [1.807, 2.05) is 18.2 Å². The van der Waals surface area contributed by atoms with Gasteiger partial charge in [0.05, 0.1) is 27.3 Å². The van der Waals surface area contributed by atoms with Crippen LogP contribution < -0.4 is 0 Å². The number of rotatable bonds is 5. The third kappa shape index (κ3) is 4.88. The van der Waals surface area contributed by atoms with Gasteiger partial charge in [0, 0.05) is 58.1 Å². The first-order valence-corrected chi connectivity index (χ1v) is 18.1. The molecule has 10 aromatic rings. The first-order chi connectivity index (χ1) is 24.8. The van der Waals surface area contributed by atoms with Crippen LogP contribution >= 0.6 is 22.7 Å². The molecule has 4 heterocycles. The highest BCUT2D eigenvalue weighted by atomic mass is 32.1. The average Bonchev–Trinajstić information content (AvgIpc) is 3.76. The maximum Gasteiger partial charge on any atom is 0.161 e. The third-order valence-electron chi connectivity index (χ3n) is 9.13. The number of hydrogen-bond acceptors (Lipinski definition) is 6. The van der Waals surface area contributed by atoms with Crippen LogP contribution in [0.25, 0.3) is 97.0 Å². The van der Waals surface area contributed by atoms with Crippen LogP contribution in [-0.2, 0) is 0 Å². The van der Waals surface area contributed by atoms with Gasteiger partial charge in [0.15, 0.2) is 11.6 Å². The molecule has 0 aliphatic rings. The maximum absolute atomic E-state index is 5.22. The van der Waals surface area contributed by atoms with E-state index in [2.05, 4.69) is 140 Å². The van der Waals surface area contributed by atoms with Crippen LogP contribution in [-0.4, -0.2) is 19.9 Å². The lowest BCUT2D eigenvalue weighted by atomic mass is 10.0. The first-order valence-electron chi connectivity index (χ1n) is 16.5. The van der Waals surface area contributed by atoms with Crippen molar-refractivity contribution >= 4 is 63.1 Å². The van der Waals surface area contributed by atoms with E-state index in [1.165, 1.54) is 19.5 Å². The lowest BCUT2D eigenvalue weighted by Gasteiger charge is -2.10. The summed E-state index contributed by atoms with van der Waals surface area (Å²) in [5, 5.41) is 3.49. The molecule has 0 spiro atoms. The van der Waals surface area contributed by atoms with Gasteiger partial charge in [-0.05, 0) is 24.3 Å². The molecule has 6 heteroatoms. The van der Waals surface area contributed by atoms with E-state index in [0.717, 1.165) is 71.7 Å². The summed E-state index contributed by atoms with van der Waals surface area (Å²) >= 11 is 3.54.